The summed E-state index contributed by atoms with van der Waals surface area (Å²) in [4.78, 5) is 38.2. The third-order valence-electron chi connectivity index (χ3n) is 4.80. The average molecular weight is 442 g/mol. The molecule has 0 bridgehead atoms. The van der Waals surface area contributed by atoms with Crippen molar-refractivity contribution in [1.82, 2.24) is 10.2 Å². The Kier molecular flexibility index (Phi) is 6.22. The van der Waals surface area contributed by atoms with E-state index >= 15 is 0 Å². The van der Waals surface area contributed by atoms with E-state index in [-0.39, 0.29) is 44.4 Å². The minimum absolute atomic E-state index is 0.0641. The molecule has 1 fully saturated rings. The molecule has 1 saturated heterocycles. The normalized spacial score (nSPS) is 16.3. The first-order chi connectivity index (χ1) is 15.0. The lowest BCUT2D eigenvalue weighted by Crippen LogP contribution is -2.37. The maximum Gasteiger partial charge on any atom is 0.293 e. The molecule has 2 aromatic rings. The molecule has 9 heteroatoms. The number of aryl methyl sites for hydroxylation is 1. The molecule has 0 unspecified atom stereocenters. The number of hydrogen-bond donors (Lipinski definition) is 1. The lowest BCUT2D eigenvalue weighted by molar-refractivity contribution is -0.124. The number of halogens is 1. The summed E-state index contributed by atoms with van der Waals surface area (Å²) in [5, 5.41) is 2.28. The van der Waals surface area contributed by atoms with E-state index in [9.17, 15) is 18.8 Å². The van der Waals surface area contributed by atoms with Crippen LogP contribution in [0.4, 0.5) is 9.18 Å². The summed E-state index contributed by atoms with van der Waals surface area (Å²) in [6, 6.07) is 11.6. The van der Waals surface area contributed by atoms with Crippen LogP contribution in [0.2, 0.25) is 0 Å². The van der Waals surface area contributed by atoms with Gasteiger partial charge in [0.2, 0.25) is 12.7 Å². The van der Waals surface area contributed by atoms with E-state index in [2.05, 4.69) is 5.32 Å². The minimum atomic E-state index is -0.409. The predicted octanol–water partition coefficient (Wildman–Crippen LogP) is 3.34. The molecule has 31 heavy (non-hydrogen) atoms. The first-order valence-corrected chi connectivity index (χ1v) is 10.5. The summed E-state index contributed by atoms with van der Waals surface area (Å²) < 4.78 is 24.2. The van der Waals surface area contributed by atoms with Gasteiger partial charge in [-0.1, -0.05) is 24.3 Å². The monoisotopic (exact) mass is 442 g/mol. The van der Waals surface area contributed by atoms with Crippen molar-refractivity contribution in [3.05, 3.63) is 64.3 Å². The molecule has 0 spiro atoms. The van der Waals surface area contributed by atoms with Gasteiger partial charge in [0.15, 0.2) is 11.5 Å². The van der Waals surface area contributed by atoms with Crippen LogP contribution in [0.15, 0.2) is 47.4 Å². The van der Waals surface area contributed by atoms with Crippen LogP contribution in [0, 0.1) is 5.82 Å². The molecule has 7 nitrogen and oxygen atoms in total. The standard InChI is InChI=1S/C22H19FN2O5S/c23-16-4-2-1-3-15(16)6-8-20(26)24-9-10-25-21(27)19(31-22(25)28)12-14-5-7-17-18(11-14)30-13-29-17/h1-5,7,11-12H,6,8-10,13H2,(H,24,26)/b19-12-. The van der Waals surface area contributed by atoms with E-state index in [1.165, 1.54) is 6.07 Å². The Morgan fingerprint density at radius 2 is 1.97 bits per heavy atom. The van der Waals surface area contributed by atoms with E-state index in [0.29, 0.717) is 22.0 Å². The molecular weight excluding hydrogens is 423 g/mol. The summed E-state index contributed by atoms with van der Waals surface area (Å²) in [5.74, 6) is 0.198. The van der Waals surface area contributed by atoms with Crippen molar-refractivity contribution >= 4 is 34.9 Å². The highest BCUT2D eigenvalue weighted by atomic mass is 32.2. The third-order valence-corrected chi connectivity index (χ3v) is 5.71. The highest BCUT2D eigenvalue weighted by Gasteiger charge is 2.34. The number of benzene rings is 2. The van der Waals surface area contributed by atoms with Crippen LogP contribution in [-0.2, 0) is 16.0 Å². The van der Waals surface area contributed by atoms with Crippen molar-refractivity contribution in [1.29, 1.82) is 0 Å². The van der Waals surface area contributed by atoms with Gasteiger partial charge in [0.1, 0.15) is 5.82 Å². The zero-order valence-electron chi connectivity index (χ0n) is 16.4. The highest BCUT2D eigenvalue weighted by molar-refractivity contribution is 8.18. The van der Waals surface area contributed by atoms with Crippen LogP contribution in [0.25, 0.3) is 6.08 Å². The molecule has 2 aliphatic rings. The van der Waals surface area contributed by atoms with Crippen LogP contribution in [0.3, 0.4) is 0 Å². The summed E-state index contributed by atoms with van der Waals surface area (Å²) in [5.41, 5.74) is 1.19. The number of thioether (sulfide) groups is 1. The third kappa shape index (κ3) is 4.88. The quantitative estimate of drug-likeness (QED) is 0.662. The molecule has 2 aliphatic heterocycles. The second kappa shape index (κ2) is 9.22. The first kappa shape index (κ1) is 20.9. The average Bonchev–Trinajstić information content (AvgIpc) is 3.32. The molecule has 3 amide bonds. The maximum atomic E-state index is 13.6. The number of carbonyl (C=O) groups is 3. The van der Waals surface area contributed by atoms with Crippen molar-refractivity contribution in [2.45, 2.75) is 12.8 Å². The zero-order chi connectivity index (χ0) is 21.8. The zero-order valence-corrected chi connectivity index (χ0v) is 17.2. The van der Waals surface area contributed by atoms with E-state index < -0.39 is 11.1 Å². The Hall–Kier alpha value is -3.33. The van der Waals surface area contributed by atoms with Crippen LogP contribution >= 0.6 is 11.8 Å². The smallest absolute Gasteiger partial charge is 0.293 e. The molecule has 160 valence electrons. The van der Waals surface area contributed by atoms with Crippen molar-refractivity contribution in [2.75, 3.05) is 19.9 Å². The number of nitrogens with zero attached hydrogens (tertiary/aromatic N) is 1. The summed E-state index contributed by atoms with van der Waals surface area (Å²) in [7, 11) is 0. The van der Waals surface area contributed by atoms with Gasteiger partial charge in [-0.05, 0) is 53.6 Å². The first-order valence-electron chi connectivity index (χ1n) is 9.66. The Labute approximate surface area is 182 Å². The summed E-state index contributed by atoms with van der Waals surface area (Å²) in [6.07, 6.45) is 2.02. The molecule has 0 radical (unpaired) electrons. The molecule has 0 aliphatic carbocycles. The Morgan fingerprint density at radius 3 is 2.81 bits per heavy atom. The number of fused-ring (bicyclic) bond motifs is 1. The van der Waals surface area contributed by atoms with E-state index in [1.54, 1.807) is 42.5 Å². The molecule has 4 rings (SSSR count). The lowest BCUT2D eigenvalue weighted by atomic mass is 10.1. The number of imide groups is 1. The fraction of sp³-hybridized carbons (Fsp3) is 0.227. The lowest BCUT2D eigenvalue weighted by Gasteiger charge is -2.13. The Balaban J connectivity index is 1.28. The van der Waals surface area contributed by atoms with E-state index in [0.717, 1.165) is 22.2 Å². The highest BCUT2D eigenvalue weighted by Crippen LogP contribution is 2.36. The van der Waals surface area contributed by atoms with Crippen molar-refractivity contribution < 1.29 is 28.2 Å². The molecule has 2 heterocycles. The van der Waals surface area contributed by atoms with E-state index in [4.69, 9.17) is 9.47 Å². The molecule has 0 atom stereocenters. The summed E-state index contributed by atoms with van der Waals surface area (Å²) in [6.45, 7) is 0.349. The Morgan fingerprint density at radius 1 is 1.16 bits per heavy atom. The van der Waals surface area contributed by atoms with Crippen LogP contribution in [-0.4, -0.2) is 41.8 Å². The van der Waals surface area contributed by atoms with Gasteiger partial charge in [0, 0.05) is 19.5 Å². The fourth-order valence-corrected chi connectivity index (χ4v) is 4.06. The number of ether oxygens (including phenoxy) is 2. The van der Waals surface area contributed by atoms with E-state index in [1.807, 2.05) is 0 Å². The molecule has 0 saturated carbocycles. The van der Waals surface area contributed by atoms with Gasteiger partial charge in [-0.15, -0.1) is 0 Å². The van der Waals surface area contributed by atoms with Gasteiger partial charge in [-0.3, -0.25) is 19.3 Å². The van der Waals surface area contributed by atoms with Gasteiger partial charge in [-0.25, -0.2) is 4.39 Å². The van der Waals surface area contributed by atoms with Crippen LogP contribution in [0.1, 0.15) is 17.5 Å². The molecule has 1 N–H and O–H groups in total. The second-order valence-corrected chi connectivity index (χ2v) is 7.88. The number of amides is 3. The maximum absolute atomic E-state index is 13.6. The second-order valence-electron chi connectivity index (χ2n) is 6.89. The van der Waals surface area contributed by atoms with Crippen molar-refractivity contribution in [2.24, 2.45) is 0 Å². The van der Waals surface area contributed by atoms with Gasteiger partial charge >= 0.3 is 0 Å². The SMILES string of the molecule is O=C(CCc1ccccc1F)NCCN1C(=O)S/C(=C\c2ccc3c(c2)OCO3)C1=O. The largest absolute Gasteiger partial charge is 0.454 e. The topological polar surface area (TPSA) is 84.9 Å². The van der Waals surface area contributed by atoms with Gasteiger partial charge in [0.25, 0.3) is 11.1 Å². The van der Waals surface area contributed by atoms with Crippen molar-refractivity contribution in [3.63, 3.8) is 0 Å². The minimum Gasteiger partial charge on any atom is -0.454 e. The number of rotatable bonds is 7. The fourth-order valence-electron chi connectivity index (χ4n) is 3.19. The van der Waals surface area contributed by atoms with Gasteiger partial charge < -0.3 is 14.8 Å². The van der Waals surface area contributed by atoms with Crippen LogP contribution < -0.4 is 14.8 Å². The number of carbonyl (C=O) groups excluding carboxylic acids is 3. The summed E-state index contributed by atoms with van der Waals surface area (Å²) >= 11 is 0.850. The molecule has 2 aromatic carbocycles. The molecular formula is C22H19FN2O5S. The predicted molar refractivity (Wildman–Crippen MR) is 113 cm³/mol. The van der Waals surface area contributed by atoms with Gasteiger partial charge in [-0.2, -0.15) is 0 Å². The van der Waals surface area contributed by atoms with Gasteiger partial charge in [0.05, 0.1) is 4.91 Å². The molecule has 0 aromatic heterocycles. The van der Waals surface area contributed by atoms with Crippen molar-refractivity contribution in [3.8, 4) is 11.5 Å². The van der Waals surface area contributed by atoms with Crippen LogP contribution in [0.5, 0.6) is 11.5 Å². The number of nitrogens with one attached hydrogen (secondary N) is 1. The number of hydrogen-bond acceptors (Lipinski definition) is 6. The Bertz CT molecular complexity index is 1070.